The van der Waals surface area contributed by atoms with Crippen molar-refractivity contribution in [2.24, 2.45) is 5.73 Å². The van der Waals surface area contributed by atoms with Gasteiger partial charge in [-0.15, -0.1) is 12.4 Å². The van der Waals surface area contributed by atoms with Crippen molar-refractivity contribution in [3.8, 4) is 0 Å². The third-order valence-electron chi connectivity index (χ3n) is 4.54. The van der Waals surface area contributed by atoms with E-state index in [9.17, 15) is 13.2 Å². The molecule has 140 valence electrons. The van der Waals surface area contributed by atoms with E-state index >= 15 is 0 Å². The van der Waals surface area contributed by atoms with Gasteiger partial charge in [-0.3, -0.25) is 4.79 Å². The zero-order valence-corrected chi connectivity index (χ0v) is 16.0. The number of carbonyl (C=O) groups is 1. The van der Waals surface area contributed by atoms with Gasteiger partial charge in [-0.05, 0) is 30.8 Å². The van der Waals surface area contributed by atoms with Gasteiger partial charge in [-0.1, -0.05) is 36.4 Å². The Kier molecular flexibility index (Phi) is 6.41. The fraction of sp³-hybridized carbons (Fsp3) is 0.278. The zero-order valence-electron chi connectivity index (χ0n) is 14.3. The van der Waals surface area contributed by atoms with Crippen molar-refractivity contribution in [1.29, 1.82) is 0 Å². The van der Waals surface area contributed by atoms with E-state index in [0.717, 1.165) is 5.56 Å². The summed E-state index contributed by atoms with van der Waals surface area (Å²) in [7, 11) is -2.25. The summed E-state index contributed by atoms with van der Waals surface area (Å²) in [5, 5.41) is 0. The van der Waals surface area contributed by atoms with Crippen LogP contribution in [0.4, 0.5) is 0 Å². The second kappa shape index (κ2) is 8.18. The van der Waals surface area contributed by atoms with Crippen molar-refractivity contribution in [3.63, 3.8) is 0 Å². The Labute approximate surface area is 159 Å². The number of hydrogen-bond acceptors (Lipinski definition) is 4. The Bertz CT molecular complexity index is 874. The summed E-state index contributed by atoms with van der Waals surface area (Å²) in [4.78, 5) is 14.6. The summed E-state index contributed by atoms with van der Waals surface area (Å²) in [5.41, 5.74) is 7.69. The normalized spacial score (nSPS) is 19.8. The Morgan fingerprint density at radius 3 is 2.46 bits per heavy atom. The summed E-state index contributed by atoms with van der Waals surface area (Å²) in [6.45, 7) is 0.967. The lowest BCUT2D eigenvalue weighted by molar-refractivity contribution is 0.0789. The van der Waals surface area contributed by atoms with Gasteiger partial charge < -0.3 is 10.6 Å². The Balaban J connectivity index is 0.00000243. The molecule has 3 rings (SSSR count). The van der Waals surface area contributed by atoms with Crippen LogP contribution in [0, 0.1) is 0 Å². The highest BCUT2D eigenvalue weighted by Crippen LogP contribution is 2.27. The van der Waals surface area contributed by atoms with Crippen LogP contribution in [0.1, 0.15) is 21.8 Å². The first-order valence-corrected chi connectivity index (χ1v) is 9.54. The highest BCUT2D eigenvalue weighted by molar-refractivity contribution is 7.89. The molecule has 1 heterocycles. The van der Waals surface area contributed by atoms with E-state index in [1.807, 2.05) is 30.3 Å². The van der Waals surface area contributed by atoms with Gasteiger partial charge in [0.1, 0.15) is 0 Å². The van der Waals surface area contributed by atoms with Crippen molar-refractivity contribution in [2.75, 3.05) is 20.1 Å². The highest BCUT2D eigenvalue weighted by atomic mass is 35.5. The van der Waals surface area contributed by atoms with Crippen LogP contribution in [0.5, 0.6) is 0 Å². The van der Waals surface area contributed by atoms with Gasteiger partial charge in [-0.25, -0.2) is 13.1 Å². The first-order chi connectivity index (χ1) is 11.9. The smallest absolute Gasteiger partial charge is 0.253 e. The molecule has 26 heavy (non-hydrogen) atoms. The number of halogens is 1. The second-order valence-electron chi connectivity index (χ2n) is 6.13. The molecule has 0 spiro atoms. The molecule has 2 atom stereocenters. The van der Waals surface area contributed by atoms with E-state index in [2.05, 4.69) is 4.72 Å². The summed E-state index contributed by atoms with van der Waals surface area (Å²) in [6.07, 6.45) is 0. The molecule has 0 radical (unpaired) electrons. The standard InChI is InChI=1S/C18H21N3O3S.ClH/c1-20-25(23,24)15-9-5-8-14(10-15)18(22)21-11-16(17(19)12-21)13-6-3-2-4-7-13;/h2-10,16-17,20H,11-12,19H2,1H3;1H/t16-,17+;/m0./s1. The average Bonchev–Trinajstić information content (AvgIpc) is 3.03. The molecule has 1 aliphatic heterocycles. The van der Waals surface area contributed by atoms with Crippen LogP contribution >= 0.6 is 12.4 Å². The molecular weight excluding hydrogens is 374 g/mol. The van der Waals surface area contributed by atoms with E-state index in [1.165, 1.54) is 19.2 Å². The van der Waals surface area contributed by atoms with Crippen LogP contribution in [-0.2, 0) is 10.0 Å². The van der Waals surface area contributed by atoms with Gasteiger partial charge in [0.25, 0.3) is 5.91 Å². The number of nitrogens with one attached hydrogen (secondary N) is 1. The van der Waals surface area contributed by atoms with E-state index < -0.39 is 10.0 Å². The number of hydrogen-bond donors (Lipinski definition) is 2. The SMILES string of the molecule is CNS(=O)(=O)c1cccc(C(=O)N2C[C@@H](N)[C@H](c3ccccc3)C2)c1.Cl. The lowest BCUT2D eigenvalue weighted by Crippen LogP contribution is -2.32. The van der Waals surface area contributed by atoms with Crippen molar-refractivity contribution in [1.82, 2.24) is 9.62 Å². The molecule has 2 aromatic rings. The molecule has 0 saturated carbocycles. The Morgan fingerprint density at radius 1 is 1.12 bits per heavy atom. The molecule has 8 heteroatoms. The van der Waals surface area contributed by atoms with Crippen molar-refractivity contribution in [3.05, 3.63) is 65.7 Å². The lowest BCUT2D eigenvalue weighted by Gasteiger charge is -2.17. The van der Waals surface area contributed by atoms with Gasteiger partial charge in [0.15, 0.2) is 0 Å². The number of sulfonamides is 1. The summed E-state index contributed by atoms with van der Waals surface area (Å²) in [6, 6.07) is 15.8. The number of rotatable bonds is 4. The molecule has 1 fully saturated rings. The Morgan fingerprint density at radius 2 is 1.81 bits per heavy atom. The number of amides is 1. The zero-order chi connectivity index (χ0) is 18.0. The average molecular weight is 396 g/mol. The molecular formula is C18H22ClN3O3S. The molecule has 1 saturated heterocycles. The van der Waals surface area contributed by atoms with Gasteiger partial charge in [0.05, 0.1) is 4.90 Å². The van der Waals surface area contributed by atoms with Crippen LogP contribution in [-0.4, -0.2) is 45.4 Å². The van der Waals surface area contributed by atoms with Gasteiger partial charge >= 0.3 is 0 Å². The number of nitrogens with two attached hydrogens (primary N) is 1. The predicted molar refractivity (Wildman–Crippen MR) is 103 cm³/mol. The third-order valence-corrected chi connectivity index (χ3v) is 5.95. The number of likely N-dealkylation sites (tertiary alicyclic amines) is 1. The van der Waals surface area contributed by atoms with E-state index in [1.54, 1.807) is 17.0 Å². The minimum absolute atomic E-state index is 0. The summed E-state index contributed by atoms with van der Waals surface area (Å²) < 4.78 is 26.1. The maximum Gasteiger partial charge on any atom is 0.253 e. The molecule has 0 aromatic heterocycles. The minimum Gasteiger partial charge on any atom is -0.336 e. The maximum absolute atomic E-state index is 12.8. The molecule has 0 bridgehead atoms. The molecule has 1 amide bonds. The number of carbonyl (C=O) groups excluding carboxylic acids is 1. The molecule has 1 aliphatic rings. The largest absolute Gasteiger partial charge is 0.336 e. The van der Waals surface area contributed by atoms with Crippen LogP contribution in [0.15, 0.2) is 59.5 Å². The number of benzene rings is 2. The maximum atomic E-state index is 12.8. The van der Waals surface area contributed by atoms with Crippen molar-refractivity contribution >= 4 is 28.3 Å². The van der Waals surface area contributed by atoms with Crippen molar-refractivity contribution < 1.29 is 13.2 Å². The van der Waals surface area contributed by atoms with Crippen LogP contribution < -0.4 is 10.5 Å². The molecule has 0 unspecified atom stereocenters. The van der Waals surface area contributed by atoms with Crippen molar-refractivity contribution in [2.45, 2.75) is 16.9 Å². The third kappa shape index (κ3) is 4.07. The fourth-order valence-electron chi connectivity index (χ4n) is 3.14. The predicted octanol–water partition coefficient (Wildman–Crippen LogP) is 1.58. The van der Waals surface area contributed by atoms with Gasteiger partial charge in [0, 0.05) is 30.6 Å². The topological polar surface area (TPSA) is 92.5 Å². The highest BCUT2D eigenvalue weighted by Gasteiger charge is 2.34. The van der Waals surface area contributed by atoms with Gasteiger partial charge in [-0.2, -0.15) is 0 Å². The van der Waals surface area contributed by atoms with Gasteiger partial charge in [0.2, 0.25) is 10.0 Å². The molecule has 0 aliphatic carbocycles. The summed E-state index contributed by atoms with van der Waals surface area (Å²) in [5.74, 6) is -0.128. The first kappa shape index (κ1) is 20.4. The van der Waals surface area contributed by atoms with Crippen LogP contribution in [0.25, 0.3) is 0 Å². The number of nitrogens with zero attached hydrogens (tertiary/aromatic N) is 1. The Hall–Kier alpha value is -1.93. The second-order valence-corrected chi connectivity index (χ2v) is 8.01. The summed E-state index contributed by atoms with van der Waals surface area (Å²) >= 11 is 0. The van der Waals surface area contributed by atoms with Crippen LogP contribution in [0.3, 0.4) is 0 Å². The van der Waals surface area contributed by atoms with Crippen LogP contribution in [0.2, 0.25) is 0 Å². The lowest BCUT2D eigenvalue weighted by atomic mass is 9.95. The first-order valence-electron chi connectivity index (χ1n) is 8.06. The minimum atomic E-state index is -3.59. The molecule has 2 aromatic carbocycles. The monoisotopic (exact) mass is 395 g/mol. The fourth-order valence-corrected chi connectivity index (χ4v) is 3.92. The molecule has 6 nitrogen and oxygen atoms in total. The van der Waals surface area contributed by atoms with E-state index in [4.69, 9.17) is 5.73 Å². The van der Waals surface area contributed by atoms with E-state index in [-0.39, 0.29) is 35.2 Å². The quantitative estimate of drug-likeness (QED) is 0.822. The van der Waals surface area contributed by atoms with E-state index in [0.29, 0.717) is 18.7 Å². The molecule has 3 N–H and O–H groups in total.